The maximum Gasteiger partial charge on any atom is 0.325 e. The van der Waals surface area contributed by atoms with Gasteiger partial charge in [-0.3, -0.25) is 14.3 Å². The Morgan fingerprint density at radius 1 is 1.52 bits per heavy atom. The molecule has 1 aliphatic heterocycles. The van der Waals surface area contributed by atoms with Crippen LogP contribution in [-0.4, -0.2) is 59.1 Å². The van der Waals surface area contributed by atoms with Crippen LogP contribution in [0.3, 0.4) is 0 Å². The van der Waals surface area contributed by atoms with Crippen LogP contribution in [0.4, 0.5) is 0 Å². The lowest BCUT2D eigenvalue weighted by Crippen LogP contribution is -2.44. The number of amides is 1. The molecule has 0 radical (unpaired) electrons. The molecule has 0 spiro atoms. The number of hydrogen-bond donors (Lipinski definition) is 2. The number of rotatable bonds is 5. The number of hydrogen-bond acceptors (Lipinski definition) is 5. The molecule has 1 aromatic heterocycles. The van der Waals surface area contributed by atoms with E-state index >= 15 is 0 Å². The number of carboxylic acid groups (broad SMARTS) is 1. The monoisotopic (exact) mass is 316 g/mol. The molecule has 1 amide bonds. The molecule has 2 heterocycles. The summed E-state index contributed by atoms with van der Waals surface area (Å²) in [5.74, 6) is -1.47. The molecule has 1 aromatic rings. The molecule has 1 unspecified atom stereocenters. The van der Waals surface area contributed by atoms with E-state index in [1.807, 2.05) is 0 Å². The van der Waals surface area contributed by atoms with Crippen molar-refractivity contribution in [1.29, 1.82) is 0 Å². The number of sulfonamides is 1. The predicted molar refractivity (Wildman–Crippen MR) is 70.8 cm³/mol. The molecule has 9 nitrogen and oxygen atoms in total. The second-order valence-electron chi connectivity index (χ2n) is 4.66. The second kappa shape index (κ2) is 5.82. The lowest BCUT2D eigenvalue weighted by molar-refractivity contribution is -0.137. The second-order valence-corrected chi connectivity index (χ2v) is 6.55. The van der Waals surface area contributed by atoms with Gasteiger partial charge in [0.05, 0.1) is 6.20 Å². The average Bonchev–Trinajstić information content (AvgIpc) is 3.05. The van der Waals surface area contributed by atoms with Gasteiger partial charge in [0.1, 0.15) is 17.5 Å². The fourth-order valence-corrected chi connectivity index (χ4v) is 3.91. The Hall–Kier alpha value is -1.94. The van der Waals surface area contributed by atoms with Crippen LogP contribution in [-0.2, 0) is 26.2 Å². The van der Waals surface area contributed by atoms with E-state index in [0.29, 0.717) is 12.8 Å². The van der Waals surface area contributed by atoms with Crippen molar-refractivity contribution in [3.8, 4) is 0 Å². The molecule has 2 N–H and O–H groups in total. The van der Waals surface area contributed by atoms with Gasteiger partial charge in [-0.15, -0.1) is 0 Å². The number of aliphatic carboxylic acids is 1. The Bertz CT molecular complexity index is 653. The SMILES string of the molecule is CNC(=O)C1CCCN1S(=O)(=O)c1cnn(CC(=O)O)c1. The third-order valence-corrected chi connectivity index (χ3v) is 5.13. The normalized spacial score (nSPS) is 19.6. The molecule has 116 valence electrons. The van der Waals surface area contributed by atoms with Crippen molar-refractivity contribution < 1.29 is 23.1 Å². The summed E-state index contributed by atoms with van der Waals surface area (Å²) >= 11 is 0. The zero-order chi connectivity index (χ0) is 15.6. The fraction of sp³-hybridized carbons (Fsp3) is 0.545. The molecule has 0 saturated carbocycles. The third-order valence-electron chi connectivity index (χ3n) is 3.27. The fourth-order valence-electron chi connectivity index (χ4n) is 2.29. The minimum atomic E-state index is -3.86. The molecule has 21 heavy (non-hydrogen) atoms. The van der Waals surface area contributed by atoms with Gasteiger partial charge in [0, 0.05) is 19.8 Å². The van der Waals surface area contributed by atoms with Crippen LogP contribution in [0.25, 0.3) is 0 Å². The Balaban J connectivity index is 2.26. The van der Waals surface area contributed by atoms with Gasteiger partial charge >= 0.3 is 5.97 Å². The lowest BCUT2D eigenvalue weighted by atomic mass is 10.2. The summed E-state index contributed by atoms with van der Waals surface area (Å²) in [6.07, 6.45) is 3.31. The number of aromatic nitrogens is 2. The van der Waals surface area contributed by atoms with E-state index in [-0.39, 0.29) is 17.3 Å². The summed E-state index contributed by atoms with van der Waals surface area (Å²) in [4.78, 5) is 22.2. The number of nitrogens with zero attached hydrogens (tertiary/aromatic N) is 3. The quantitative estimate of drug-likeness (QED) is 0.708. The van der Waals surface area contributed by atoms with Crippen molar-refractivity contribution in [2.45, 2.75) is 30.3 Å². The third kappa shape index (κ3) is 3.05. The zero-order valence-corrected chi connectivity index (χ0v) is 12.2. The number of carboxylic acids is 1. The highest BCUT2D eigenvalue weighted by atomic mass is 32.2. The summed E-state index contributed by atoms with van der Waals surface area (Å²) in [7, 11) is -2.41. The predicted octanol–water partition coefficient (Wildman–Crippen LogP) is -1.13. The minimum Gasteiger partial charge on any atom is -0.480 e. The molecule has 2 rings (SSSR count). The van der Waals surface area contributed by atoms with Crippen molar-refractivity contribution in [3.63, 3.8) is 0 Å². The van der Waals surface area contributed by atoms with Crippen LogP contribution in [0, 0.1) is 0 Å². The summed E-state index contributed by atoms with van der Waals surface area (Å²) in [5, 5.41) is 14.8. The first-order valence-corrected chi connectivity index (χ1v) is 7.78. The van der Waals surface area contributed by atoms with Gasteiger partial charge in [-0.25, -0.2) is 8.42 Å². The average molecular weight is 316 g/mol. The van der Waals surface area contributed by atoms with Crippen LogP contribution in [0.2, 0.25) is 0 Å². The Kier molecular flexibility index (Phi) is 4.28. The first-order valence-electron chi connectivity index (χ1n) is 6.34. The van der Waals surface area contributed by atoms with Crippen molar-refractivity contribution in [1.82, 2.24) is 19.4 Å². The molecular formula is C11H16N4O5S. The zero-order valence-electron chi connectivity index (χ0n) is 11.4. The van der Waals surface area contributed by atoms with Crippen LogP contribution < -0.4 is 5.32 Å². The smallest absolute Gasteiger partial charge is 0.325 e. The standard InChI is InChI=1S/C11H16N4O5S/c1-12-11(18)9-3-2-4-15(9)21(19,20)8-5-13-14(6-8)7-10(16)17/h5-6,9H,2-4,7H2,1H3,(H,12,18)(H,16,17). The molecule has 1 aliphatic rings. The van der Waals surface area contributed by atoms with E-state index in [1.165, 1.54) is 7.05 Å². The van der Waals surface area contributed by atoms with E-state index in [4.69, 9.17) is 5.11 Å². The van der Waals surface area contributed by atoms with E-state index in [0.717, 1.165) is 21.4 Å². The topological polar surface area (TPSA) is 122 Å². The number of carbonyl (C=O) groups excluding carboxylic acids is 1. The molecule has 1 fully saturated rings. The first kappa shape index (κ1) is 15.4. The van der Waals surface area contributed by atoms with Gasteiger partial charge in [-0.2, -0.15) is 9.40 Å². The Morgan fingerprint density at radius 2 is 2.24 bits per heavy atom. The molecule has 0 bridgehead atoms. The summed E-state index contributed by atoms with van der Waals surface area (Å²) in [5.41, 5.74) is 0. The molecule has 0 aliphatic carbocycles. The molecule has 1 atom stereocenters. The van der Waals surface area contributed by atoms with Gasteiger partial charge < -0.3 is 10.4 Å². The highest BCUT2D eigenvalue weighted by Gasteiger charge is 2.39. The lowest BCUT2D eigenvalue weighted by Gasteiger charge is -2.21. The van der Waals surface area contributed by atoms with E-state index in [9.17, 15) is 18.0 Å². The molecular weight excluding hydrogens is 300 g/mol. The van der Waals surface area contributed by atoms with E-state index < -0.39 is 28.6 Å². The maximum atomic E-state index is 12.5. The summed E-state index contributed by atoms with van der Waals surface area (Å²) in [6, 6.07) is -0.733. The van der Waals surface area contributed by atoms with E-state index in [2.05, 4.69) is 10.4 Å². The molecule has 10 heteroatoms. The molecule has 0 aromatic carbocycles. The van der Waals surface area contributed by atoms with Crippen molar-refractivity contribution >= 4 is 21.9 Å². The maximum absolute atomic E-state index is 12.5. The summed E-state index contributed by atoms with van der Waals surface area (Å²) in [6.45, 7) is -0.168. The van der Waals surface area contributed by atoms with Crippen LogP contribution in [0.15, 0.2) is 17.3 Å². The van der Waals surface area contributed by atoms with Crippen LogP contribution in [0.5, 0.6) is 0 Å². The van der Waals surface area contributed by atoms with Gasteiger partial charge in [-0.05, 0) is 12.8 Å². The van der Waals surface area contributed by atoms with Gasteiger partial charge in [0.15, 0.2) is 0 Å². The van der Waals surface area contributed by atoms with E-state index in [1.54, 1.807) is 0 Å². The van der Waals surface area contributed by atoms with Crippen molar-refractivity contribution in [2.75, 3.05) is 13.6 Å². The van der Waals surface area contributed by atoms with Crippen molar-refractivity contribution in [3.05, 3.63) is 12.4 Å². The number of carbonyl (C=O) groups is 2. The number of likely N-dealkylation sites (N-methyl/N-ethyl adjacent to an activating group) is 1. The Morgan fingerprint density at radius 3 is 2.86 bits per heavy atom. The largest absolute Gasteiger partial charge is 0.480 e. The van der Waals surface area contributed by atoms with Gasteiger partial charge in [-0.1, -0.05) is 0 Å². The molecule has 1 saturated heterocycles. The first-order chi connectivity index (χ1) is 9.86. The highest BCUT2D eigenvalue weighted by molar-refractivity contribution is 7.89. The van der Waals surface area contributed by atoms with Crippen LogP contribution >= 0.6 is 0 Å². The number of nitrogens with one attached hydrogen (secondary N) is 1. The van der Waals surface area contributed by atoms with Crippen molar-refractivity contribution in [2.24, 2.45) is 0 Å². The summed E-state index contributed by atoms with van der Waals surface area (Å²) < 4.78 is 27.2. The highest BCUT2D eigenvalue weighted by Crippen LogP contribution is 2.25. The van der Waals surface area contributed by atoms with Crippen LogP contribution in [0.1, 0.15) is 12.8 Å². The Labute approximate surface area is 121 Å². The van der Waals surface area contributed by atoms with Gasteiger partial charge in [0.25, 0.3) is 0 Å². The minimum absolute atomic E-state index is 0.112. The van der Waals surface area contributed by atoms with Gasteiger partial charge in [0.2, 0.25) is 15.9 Å².